The topological polar surface area (TPSA) is 51.5 Å². The van der Waals surface area contributed by atoms with Gasteiger partial charge in [-0.25, -0.2) is 0 Å². The second kappa shape index (κ2) is 6.56. The molecule has 0 aliphatic rings. The number of rotatable bonds is 4. The van der Waals surface area contributed by atoms with Gasteiger partial charge in [0, 0.05) is 22.4 Å². The van der Waals surface area contributed by atoms with Crippen LogP contribution in [0.2, 0.25) is 0 Å². The quantitative estimate of drug-likeness (QED) is 0.538. The first-order valence-electron chi connectivity index (χ1n) is 8.59. The van der Waals surface area contributed by atoms with Crippen LogP contribution in [0.4, 0.5) is 5.69 Å². The van der Waals surface area contributed by atoms with Crippen molar-refractivity contribution in [3.8, 4) is 5.75 Å². The monoisotopic (exact) mass is 345 g/mol. The Hall–Kier alpha value is -3.27. The highest BCUT2D eigenvalue weighted by Crippen LogP contribution is 2.36. The number of amides is 1. The number of ether oxygens (including phenoxy) is 1. The van der Waals surface area contributed by atoms with Gasteiger partial charge in [-0.3, -0.25) is 4.79 Å². The van der Waals surface area contributed by atoms with E-state index in [1.807, 2.05) is 60.7 Å². The van der Waals surface area contributed by atoms with Gasteiger partial charge in [-0.1, -0.05) is 37.3 Å². The summed E-state index contributed by atoms with van der Waals surface area (Å²) in [5, 5.41) is 4.91. The molecule has 0 spiro atoms. The zero-order chi connectivity index (χ0) is 18.1. The van der Waals surface area contributed by atoms with E-state index in [1.54, 1.807) is 7.11 Å². The number of carbonyl (C=O) groups is 1. The van der Waals surface area contributed by atoms with Crippen molar-refractivity contribution in [1.82, 2.24) is 0 Å². The van der Waals surface area contributed by atoms with Crippen LogP contribution in [0.5, 0.6) is 5.75 Å². The third-order valence-corrected chi connectivity index (χ3v) is 4.57. The average molecular weight is 345 g/mol. The molecule has 4 heteroatoms. The Morgan fingerprint density at radius 2 is 1.77 bits per heavy atom. The highest BCUT2D eigenvalue weighted by atomic mass is 16.5. The Kier molecular flexibility index (Phi) is 4.09. The van der Waals surface area contributed by atoms with E-state index in [1.165, 1.54) is 5.56 Å². The number of fused-ring (bicyclic) bond motifs is 3. The van der Waals surface area contributed by atoms with Crippen LogP contribution in [-0.4, -0.2) is 13.0 Å². The van der Waals surface area contributed by atoms with Crippen molar-refractivity contribution in [1.29, 1.82) is 0 Å². The summed E-state index contributed by atoms with van der Waals surface area (Å²) in [6.45, 7) is 2.09. The third kappa shape index (κ3) is 2.80. The van der Waals surface area contributed by atoms with Crippen LogP contribution in [0.15, 0.2) is 65.1 Å². The molecule has 0 radical (unpaired) electrons. The third-order valence-electron chi connectivity index (χ3n) is 4.57. The average Bonchev–Trinajstić information content (AvgIpc) is 3.04. The number of para-hydroxylation sites is 1. The molecule has 26 heavy (non-hydrogen) atoms. The van der Waals surface area contributed by atoms with Gasteiger partial charge >= 0.3 is 0 Å². The Labute approximate surface area is 151 Å². The van der Waals surface area contributed by atoms with Crippen molar-refractivity contribution in [3.63, 3.8) is 0 Å². The molecular weight excluding hydrogens is 326 g/mol. The number of hydrogen-bond acceptors (Lipinski definition) is 3. The number of hydrogen-bond donors (Lipinski definition) is 1. The van der Waals surface area contributed by atoms with E-state index in [4.69, 9.17) is 9.15 Å². The standard InChI is InChI=1S/C22H19NO3/c1-3-14-8-10-15(11-9-14)22(24)23-18-13-20-17(12-21(18)25-2)16-6-4-5-7-19(16)26-20/h4-13H,3H2,1-2H3,(H,23,24). The Morgan fingerprint density at radius 1 is 1.00 bits per heavy atom. The predicted octanol–water partition coefficient (Wildman–Crippen LogP) is 5.41. The van der Waals surface area contributed by atoms with Gasteiger partial charge in [-0.05, 0) is 36.2 Å². The predicted molar refractivity (Wildman–Crippen MR) is 104 cm³/mol. The molecule has 1 N–H and O–H groups in total. The molecular formula is C22H19NO3. The lowest BCUT2D eigenvalue weighted by atomic mass is 10.1. The van der Waals surface area contributed by atoms with Gasteiger partial charge in [0.25, 0.3) is 5.91 Å². The smallest absolute Gasteiger partial charge is 0.255 e. The van der Waals surface area contributed by atoms with Crippen molar-refractivity contribution < 1.29 is 13.9 Å². The van der Waals surface area contributed by atoms with E-state index in [-0.39, 0.29) is 5.91 Å². The first-order chi connectivity index (χ1) is 12.7. The minimum Gasteiger partial charge on any atom is -0.495 e. The fraction of sp³-hybridized carbons (Fsp3) is 0.136. The maximum atomic E-state index is 12.6. The summed E-state index contributed by atoms with van der Waals surface area (Å²) in [6, 6.07) is 19.2. The zero-order valence-corrected chi connectivity index (χ0v) is 14.7. The van der Waals surface area contributed by atoms with Gasteiger partial charge in [0.1, 0.15) is 16.9 Å². The van der Waals surface area contributed by atoms with E-state index in [0.29, 0.717) is 22.6 Å². The lowest BCUT2D eigenvalue weighted by Crippen LogP contribution is -2.12. The maximum absolute atomic E-state index is 12.6. The van der Waals surface area contributed by atoms with Crippen LogP contribution in [0.25, 0.3) is 21.9 Å². The van der Waals surface area contributed by atoms with Gasteiger partial charge in [0.2, 0.25) is 0 Å². The largest absolute Gasteiger partial charge is 0.495 e. The van der Waals surface area contributed by atoms with Gasteiger partial charge in [0.05, 0.1) is 12.8 Å². The molecule has 3 aromatic carbocycles. The molecule has 0 saturated carbocycles. The van der Waals surface area contributed by atoms with Crippen molar-refractivity contribution in [3.05, 3.63) is 71.8 Å². The fourth-order valence-electron chi connectivity index (χ4n) is 3.10. The summed E-state index contributed by atoms with van der Waals surface area (Å²) in [4.78, 5) is 12.6. The zero-order valence-electron chi connectivity index (χ0n) is 14.7. The Balaban J connectivity index is 1.72. The first kappa shape index (κ1) is 16.2. The summed E-state index contributed by atoms with van der Waals surface area (Å²) in [6.07, 6.45) is 0.943. The molecule has 0 saturated heterocycles. The first-order valence-corrected chi connectivity index (χ1v) is 8.59. The number of anilines is 1. The van der Waals surface area contributed by atoms with Crippen LogP contribution in [0.1, 0.15) is 22.8 Å². The molecule has 4 aromatic rings. The van der Waals surface area contributed by atoms with Crippen LogP contribution < -0.4 is 10.1 Å². The number of nitrogens with one attached hydrogen (secondary N) is 1. The molecule has 0 fully saturated rings. The molecule has 0 aliphatic heterocycles. The fourth-order valence-corrected chi connectivity index (χ4v) is 3.10. The molecule has 0 unspecified atom stereocenters. The van der Waals surface area contributed by atoms with Gasteiger partial charge in [-0.2, -0.15) is 0 Å². The molecule has 130 valence electrons. The Bertz CT molecular complexity index is 1090. The van der Waals surface area contributed by atoms with Crippen LogP contribution >= 0.6 is 0 Å². The van der Waals surface area contributed by atoms with Gasteiger partial charge < -0.3 is 14.5 Å². The van der Waals surface area contributed by atoms with Gasteiger partial charge in [-0.15, -0.1) is 0 Å². The summed E-state index contributed by atoms with van der Waals surface area (Å²) < 4.78 is 11.4. The van der Waals surface area contributed by atoms with E-state index in [0.717, 1.165) is 22.8 Å². The van der Waals surface area contributed by atoms with Crippen LogP contribution in [0.3, 0.4) is 0 Å². The van der Waals surface area contributed by atoms with E-state index in [2.05, 4.69) is 12.2 Å². The van der Waals surface area contributed by atoms with Crippen molar-refractivity contribution in [2.45, 2.75) is 13.3 Å². The van der Waals surface area contributed by atoms with Crippen LogP contribution in [-0.2, 0) is 6.42 Å². The summed E-state index contributed by atoms with van der Waals surface area (Å²) in [7, 11) is 1.59. The SMILES string of the molecule is CCc1ccc(C(=O)Nc2cc3oc4ccccc4c3cc2OC)cc1. The lowest BCUT2D eigenvalue weighted by molar-refractivity contribution is 0.102. The minimum atomic E-state index is -0.179. The molecule has 0 aliphatic carbocycles. The molecule has 1 aromatic heterocycles. The molecule has 1 heterocycles. The van der Waals surface area contributed by atoms with E-state index in [9.17, 15) is 4.79 Å². The van der Waals surface area contributed by atoms with E-state index < -0.39 is 0 Å². The lowest BCUT2D eigenvalue weighted by Gasteiger charge is -2.10. The number of methoxy groups -OCH3 is 1. The molecule has 0 bridgehead atoms. The summed E-state index contributed by atoms with van der Waals surface area (Å²) >= 11 is 0. The Morgan fingerprint density at radius 3 is 2.50 bits per heavy atom. The van der Waals surface area contributed by atoms with Gasteiger partial charge in [0.15, 0.2) is 0 Å². The summed E-state index contributed by atoms with van der Waals surface area (Å²) in [5.74, 6) is 0.420. The van der Waals surface area contributed by atoms with E-state index >= 15 is 0 Å². The summed E-state index contributed by atoms with van der Waals surface area (Å²) in [5.41, 5.74) is 3.91. The number of benzene rings is 3. The minimum absolute atomic E-state index is 0.179. The van der Waals surface area contributed by atoms with Crippen molar-refractivity contribution in [2.75, 3.05) is 12.4 Å². The van der Waals surface area contributed by atoms with Crippen molar-refractivity contribution in [2.24, 2.45) is 0 Å². The number of carbonyl (C=O) groups excluding carboxylic acids is 1. The highest BCUT2D eigenvalue weighted by Gasteiger charge is 2.14. The molecule has 4 nitrogen and oxygen atoms in total. The molecule has 4 rings (SSSR count). The molecule has 0 atom stereocenters. The number of aryl methyl sites for hydroxylation is 1. The number of furan rings is 1. The van der Waals surface area contributed by atoms with Crippen molar-refractivity contribution >= 4 is 33.5 Å². The second-order valence-electron chi connectivity index (χ2n) is 6.15. The highest BCUT2D eigenvalue weighted by molar-refractivity contribution is 6.10. The molecule has 1 amide bonds. The normalized spacial score (nSPS) is 11.0. The second-order valence-corrected chi connectivity index (χ2v) is 6.15. The van der Waals surface area contributed by atoms with Crippen LogP contribution in [0, 0.1) is 0 Å². The maximum Gasteiger partial charge on any atom is 0.255 e.